The van der Waals surface area contributed by atoms with Crippen molar-refractivity contribution in [2.24, 2.45) is 0 Å². The number of hydrogen-bond donors (Lipinski definition) is 4. The van der Waals surface area contributed by atoms with Gasteiger partial charge in [0.15, 0.2) is 0 Å². The molecule has 0 aromatic rings. The monoisotopic (exact) mass is 836 g/mol. The van der Waals surface area contributed by atoms with E-state index in [4.69, 9.17) is 0 Å². The lowest BCUT2D eigenvalue weighted by Crippen LogP contribution is -2.49. The molecule has 5 nitrogen and oxygen atoms in total. The first-order valence-corrected chi connectivity index (χ1v) is 27.3. The van der Waals surface area contributed by atoms with Gasteiger partial charge in [0, 0.05) is 0 Å². The predicted molar refractivity (Wildman–Crippen MR) is 259 cm³/mol. The molecule has 0 aliphatic heterocycles. The smallest absolute Gasteiger partial charge is 0.249 e. The fourth-order valence-electron chi connectivity index (χ4n) is 8.96. The van der Waals surface area contributed by atoms with Gasteiger partial charge in [-0.05, 0) is 12.8 Å². The molecule has 0 spiro atoms. The zero-order chi connectivity index (χ0) is 43.0. The molecule has 0 radical (unpaired) electrons. The molecule has 354 valence electrons. The summed E-state index contributed by atoms with van der Waals surface area (Å²) in [7, 11) is 0. The zero-order valence-corrected chi connectivity index (χ0v) is 40.4. The summed E-state index contributed by atoms with van der Waals surface area (Å²) in [6.45, 7) is 4.26. The van der Waals surface area contributed by atoms with Crippen LogP contribution in [0.3, 0.4) is 0 Å². The van der Waals surface area contributed by atoms with Crippen molar-refractivity contribution in [3.8, 4) is 0 Å². The summed E-state index contributed by atoms with van der Waals surface area (Å²) in [5, 5.41) is 33.4. The summed E-state index contributed by atoms with van der Waals surface area (Å²) < 4.78 is 0. The first-order chi connectivity index (χ1) is 29.1. The van der Waals surface area contributed by atoms with Crippen molar-refractivity contribution in [3.63, 3.8) is 0 Å². The number of amides is 1. The zero-order valence-electron chi connectivity index (χ0n) is 40.4. The Bertz CT molecular complexity index is 792. The van der Waals surface area contributed by atoms with Crippen LogP contribution in [0.15, 0.2) is 0 Å². The molecule has 0 aromatic carbocycles. The van der Waals surface area contributed by atoms with Gasteiger partial charge in [-0.1, -0.05) is 303 Å². The molecule has 1 amide bonds. The maximum absolute atomic E-state index is 12.5. The molecule has 0 heterocycles. The third-order valence-electron chi connectivity index (χ3n) is 13.2. The summed E-state index contributed by atoms with van der Waals surface area (Å²) in [4.78, 5) is 12.5. The lowest BCUT2D eigenvalue weighted by Gasteiger charge is -2.23. The minimum absolute atomic E-state index is 0.308. The van der Waals surface area contributed by atoms with E-state index in [2.05, 4.69) is 19.2 Å². The van der Waals surface area contributed by atoms with Gasteiger partial charge in [-0.2, -0.15) is 0 Å². The number of nitrogens with one attached hydrogen (secondary N) is 1. The van der Waals surface area contributed by atoms with Crippen molar-refractivity contribution in [1.29, 1.82) is 0 Å². The Balaban J connectivity index is 3.43. The molecule has 0 aromatic heterocycles. The van der Waals surface area contributed by atoms with Crippen LogP contribution >= 0.6 is 0 Å². The van der Waals surface area contributed by atoms with E-state index in [9.17, 15) is 20.1 Å². The second kappa shape index (κ2) is 50.0. The van der Waals surface area contributed by atoms with Gasteiger partial charge in [0.25, 0.3) is 0 Å². The molecule has 4 N–H and O–H groups in total. The number of aliphatic hydroxyl groups is 3. The Morgan fingerprint density at radius 2 is 0.542 bits per heavy atom. The number of hydrogen-bond acceptors (Lipinski definition) is 4. The molecule has 0 aliphatic carbocycles. The molecule has 0 fully saturated rings. The lowest BCUT2D eigenvalue weighted by atomic mass is 10.0. The van der Waals surface area contributed by atoms with E-state index >= 15 is 0 Å². The Morgan fingerprint density at radius 1 is 0.339 bits per heavy atom. The van der Waals surface area contributed by atoms with Gasteiger partial charge in [-0.25, -0.2) is 0 Å². The van der Waals surface area contributed by atoms with Gasteiger partial charge in [0.2, 0.25) is 5.91 Å². The molecule has 3 atom stereocenters. The molecule has 3 unspecified atom stereocenters. The predicted octanol–water partition coefficient (Wildman–Crippen LogP) is 16.6. The number of carbonyl (C=O) groups excluding carboxylic acids is 1. The third-order valence-corrected chi connectivity index (χ3v) is 13.2. The highest BCUT2D eigenvalue weighted by atomic mass is 16.3. The number of unbranched alkanes of at least 4 members (excludes halogenated alkanes) is 43. The molecular weight excluding hydrogens is 727 g/mol. The van der Waals surface area contributed by atoms with Crippen molar-refractivity contribution in [2.75, 3.05) is 6.61 Å². The minimum Gasteiger partial charge on any atom is -0.394 e. The van der Waals surface area contributed by atoms with Gasteiger partial charge in [-0.3, -0.25) is 4.79 Å². The number of rotatable bonds is 51. The van der Waals surface area contributed by atoms with Crippen molar-refractivity contribution in [2.45, 2.75) is 334 Å². The van der Waals surface area contributed by atoms with Crippen LogP contribution in [0, 0.1) is 0 Å². The lowest BCUT2D eigenvalue weighted by molar-refractivity contribution is -0.131. The normalized spacial score (nSPS) is 13.2. The quantitative estimate of drug-likeness (QED) is 0.0460. The van der Waals surface area contributed by atoms with E-state index in [0.29, 0.717) is 12.8 Å². The Labute approximate surface area is 370 Å². The summed E-state index contributed by atoms with van der Waals surface area (Å²) >= 11 is 0. The largest absolute Gasteiger partial charge is 0.394 e. The van der Waals surface area contributed by atoms with E-state index in [1.807, 2.05) is 0 Å². The van der Waals surface area contributed by atoms with Gasteiger partial charge >= 0.3 is 0 Å². The molecule has 0 saturated heterocycles. The summed E-state index contributed by atoms with van der Waals surface area (Å²) in [5.41, 5.74) is 0. The van der Waals surface area contributed by atoms with E-state index in [-0.39, 0.29) is 6.61 Å². The maximum Gasteiger partial charge on any atom is 0.249 e. The van der Waals surface area contributed by atoms with E-state index in [0.717, 1.165) is 32.1 Å². The Hall–Kier alpha value is -0.650. The van der Waals surface area contributed by atoms with Crippen LogP contribution in [-0.4, -0.2) is 46.1 Å². The second-order valence-electron chi connectivity index (χ2n) is 19.2. The molecule has 59 heavy (non-hydrogen) atoms. The van der Waals surface area contributed by atoms with E-state index in [1.165, 1.54) is 257 Å². The van der Waals surface area contributed by atoms with Gasteiger partial charge in [0.1, 0.15) is 6.10 Å². The van der Waals surface area contributed by atoms with Gasteiger partial charge in [0.05, 0.1) is 18.8 Å². The third kappa shape index (κ3) is 45.2. The van der Waals surface area contributed by atoms with Crippen LogP contribution in [0.2, 0.25) is 0 Å². The molecule has 0 bridgehead atoms. The highest BCUT2D eigenvalue weighted by Gasteiger charge is 2.23. The fraction of sp³-hybridized carbons (Fsp3) is 0.981. The van der Waals surface area contributed by atoms with Crippen LogP contribution in [0.25, 0.3) is 0 Å². The van der Waals surface area contributed by atoms with Crippen molar-refractivity contribution < 1.29 is 20.1 Å². The SMILES string of the molecule is CCCCCCCCCCCCCCCCCCCCCCCCCCCCCCCCCCC(O)C(=O)NC(CO)C(O)CCCCCCCCCCCCCCC. The average molecular weight is 836 g/mol. The first-order valence-electron chi connectivity index (χ1n) is 27.3. The topological polar surface area (TPSA) is 89.8 Å². The van der Waals surface area contributed by atoms with E-state index in [1.54, 1.807) is 0 Å². The molecular formula is C54H109NO4. The summed E-state index contributed by atoms with van der Waals surface area (Å²) in [6.07, 6.45) is 60.1. The summed E-state index contributed by atoms with van der Waals surface area (Å²) in [5.74, 6) is -0.464. The standard InChI is InChI=1S/C54H109NO4/c1-3-5-7-9-11-13-15-17-18-19-20-21-22-23-24-25-26-27-28-29-30-31-32-33-34-35-37-39-41-43-45-47-49-53(58)54(59)55-51(50-56)52(57)48-46-44-42-40-38-36-16-14-12-10-8-6-4-2/h51-53,56-58H,3-50H2,1-2H3,(H,55,59). The van der Waals surface area contributed by atoms with E-state index < -0.39 is 24.2 Å². The fourth-order valence-corrected chi connectivity index (χ4v) is 8.96. The van der Waals surface area contributed by atoms with Crippen LogP contribution in [0.1, 0.15) is 316 Å². The molecule has 0 saturated carbocycles. The average Bonchev–Trinajstić information content (AvgIpc) is 3.24. The Morgan fingerprint density at radius 3 is 0.763 bits per heavy atom. The van der Waals surface area contributed by atoms with Crippen LogP contribution < -0.4 is 5.32 Å². The van der Waals surface area contributed by atoms with Gasteiger partial charge < -0.3 is 20.6 Å². The van der Waals surface area contributed by atoms with Gasteiger partial charge in [-0.15, -0.1) is 0 Å². The maximum atomic E-state index is 12.5. The molecule has 0 aliphatic rings. The first kappa shape index (κ1) is 58.4. The highest BCUT2D eigenvalue weighted by molar-refractivity contribution is 5.80. The second-order valence-corrected chi connectivity index (χ2v) is 19.2. The highest BCUT2D eigenvalue weighted by Crippen LogP contribution is 2.18. The van der Waals surface area contributed by atoms with Crippen LogP contribution in [0.4, 0.5) is 0 Å². The van der Waals surface area contributed by atoms with Crippen LogP contribution in [-0.2, 0) is 4.79 Å². The van der Waals surface area contributed by atoms with Crippen LogP contribution in [0.5, 0.6) is 0 Å². The number of carbonyl (C=O) groups is 1. The molecule has 5 heteroatoms. The number of aliphatic hydroxyl groups excluding tert-OH is 3. The molecule has 0 rings (SSSR count). The Kier molecular flexibility index (Phi) is 49.4. The van der Waals surface area contributed by atoms with Crippen molar-refractivity contribution in [1.82, 2.24) is 5.32 Å². The summed E-state index contributed by atoms with van der Waals surface area (Å²) in [6, 6.07) is -0.706. The van der Waals surface area contributed by atoms with Crippen molar-refractivity contribution in [3.05, 3.63) is 0 Å². The minimum atomic E-state index is -1.07. The van der Waals surface area contributed by atoms with Crippen molar-refractivity contribution >= 4 is 5.91 Å².